The highest BCUT2D eigenvalue weighted by Gasteiger charge is 2.36. The van der Waals surface area contributed by atoms with Crippen LogP contribution in [0.4, 0.5) is 0 Å². The molecule has 0 aliphatic carbocycles. The average Bonchev–Trinajstić information content (AvgIpc) is 2.75. The maximum atomic E-state index is 9.68. The van der Waals surface area contributed by atoms with Gasteiger partial charge in [-0.2, -0.15) is 0 Å². The summed E-state index contributed by atoms with van der Waals surface area (Å²) in [6.07, 6.45) is 8.18. The molecule has 3 aliphatic heterocycles. The van der Waals surface area contributed by atoms with Gasteiger partial charge in [0.05, 0.1) is 12.6 Å². The number of halogens is 1. The molecule has 3 heterocycles. The Bertz CT molecular complexity index is 706. The Balaban J connectivity index is 0.00000289. The van der Waals surface area contributed by atoms with Gasteiger partial charge in [0, 0.05) is 44.3 Å². The van der Waals surface area contributed by atoms with Crippen molar-refractivity contribution in [3.05, 3.63) is 35.4 Å². The number of guanidine groups is 1. The summed E-state index contributed by atoms with van der Waals surface area (Å²) in [6, 6.07) is 10.9. The maximum absolute atomic E-state index is 9.68. The number of hydrogen-bond donors (Lipinski definition) is 3. The minimum absolute atomic E-state index is 0. The van der Waals surface area contributed by atoms with Crippen molar-refractivity contribution >= 4 is 29.9 Å². The van der Waals surface area contributed by atoms with Crippen molar-refractivity contribution in [1.82, 2.24) is 20.4 Å². The second kappa shape index (κ2) is 12.5. The van der Waals surface area contributed by atoms with Crippen LogP contribution in [-0.4, -0.2) is 71.8 Å². The Morgan fingerprint density at radius 1 is 1.03 bits per heavy atom. The lowest BCUT2D eigenvalue weighted by Gasteiger charge is -2.47. The first-order valence-electron chi connectivity index (χ1n) is 12.4. The van der Waals surface area contributed by atoms with E-state index in [0.29, 0.717) is 12.6 Å². The minimum Gasteiger partial charge on any atom is -0.393 e. The SMILES string of the molecule is CCNC(=NCc1ccc(CN2CCC(O)CC2)cc1)NC1CC2CCCC(C1)N2C.I. The van der Waals surface area contributed by atoms with Gasteiger partial charge in [0.15, 0.2) is 5.96 Å². The van der Waals surface area contributed by atoms with Crippen LogP contribution in [0.5, 0.6) is 0 Å². The number of nitrogens with one attached hydrogen (secondary N) is 2. The smallest absolute Gasteiger partial charge is 0.191 e. The maximum Gasteiger partial charge on any atom is 0.191 e. The summed E-state index contributed by atoms with van der Waals surface area (Å²) < 4.78 is 0. The third-order valence-corrected chi connectivity index (χ3v) is 7.43. The number of benzene rings is 1. The molecule has 1 aromatic carbocycles. The molecule has 0 saturated carbocycles. The van der Waals surface area contributed by atoms with Crippen LogP contribution >= 0.6 is 24.0 Å². The highest BCUT2D eigenvalue weighted by Crippen LogP contribution is 2.32. The normalized spacial score (nSPS) is 27.6. The van der Waals surface area contributed by atoms with E-state index >= 15 is 0 Å². The monoisotopic (exact) mass is 555 g/mol. The van der Waals surface area contributed by atoms with Crippen molar-refractivity contribution in [3.8, 4) is 0 Å². The number of piperidine rings is 3. The Hall–Kier alpha value is -0.900. The van der Waals surface area contributed by atoms with Gasteiger partial charge in [-0.3, -0.25) is 4.90 Å². The fourth-order valence-corrected chi connectivity index (χ4v) is 5.50. The molecule has 0 radical (unpaired) electrons. The van der Waals surface area contributed by atoms with Crippen molar-refractivity contribution in [2.24, 2.45) is 4.99 Å². The molecule has 2 atom stereocenters. The van der Waals surface area contributed by atoms with E-state index in [2.05, 4.69) is 58.7 Å². The molecule has 0 aromatic heterocycles. The second-order valence-electron chi connectivity index (χ2n) is 9.74. The van der Waals surface area contributed by atoms with Gasteiger partial charge in [0.2, 0.25) is 0 Å². The molecule has 0 amide bonds. The van der Waals surface area contributed by atoms with Crippen molar-refractivity contribution in [3.63, 3.8) is 0 Å². The lowest BCUT2D eigenvalue weighted by molar-refractivity contribution is 0.0526. The predicted octanol–water partition coefficient (Wildman–Crippen LogP) is 3.33. The van der Waals surface area contributed by atoms with Gasteiger partial charge < -0.3 is 20.6 Å². The molecule has 3 saturated heterocycles. The molecule has 6 nitrogen and oxygen atoms in total. The predicted molar refractivity (Wildman–Crippen MR) is 143 cm³/mol. The Morgan fingerprint density at radius 3 is 2.28 bits per heavy atom. The van der Waals surface area contributed by atoms with E-state index in [1.165, 1.54) is 43.2 Å². The molecule has 180 valence electrons. The van der Waals surface area contributed by atoms with Gasteiger partial charge in [-0.25, -0.2) is 4.99 Å². The quantitative estimate of drug-likeness (QED) is 0.286. The van der Waals surface area contributed by atoms with E-state index in [1.54, 1.807) is 0 Å². The van der Waals surface area contributed by atoms with E-state index in [4.69, 9.17) is 4.99 Å². The zero-order valence-electron chi connectivity index (χ0n) is 19.8. The van der Waals surface area contributed by atoms with Gasteiger partial charge >= 0.3 is 0 Å². The third kappa shape index (κ3) is 7.05. The van der Waals surface area contributed by atoms with Crippen molar-refractivity contribution in [2.75, 3.05) is 26.7 Å². The van der Waals surface area contributed by atoms with Gasteiger partial charge in [0.1, 0.15) is 0 Å². The second-order valence-corrected chi connectivity index (χ2v) is 9.74. The first-order chi connectivity index (χ1) is 15.1. The molecule has 4 rings (SSSR count). The lowest BCUT2D eigenvalue weighted by Crippen LogP contribution is -2.56. The first kappa shape index (κ1) is 25.7. The Labute approximate surface area is 211 Å². The standard InChI is InChI=1S/C25H41N5O.HI/c1-3-26-25(28-21-15-22-5-4-6-23(16-21)29(22)2)27-17-19-7-9-20(10-8-19)18-30-13-11-24(31)12-14-30;/h7-10,21-24,31H,3-6,11-18H2,1-2H3,(H2,26,27,28);1H. The summed E-state index contributed by atoms with van der Waals surface area (Å²) in [6.45, 7) is 6.67. The molecule has 2 unspecified atom stereocenters. The molecule has 7 heteroatoms. The number of rotatable bonds is 6. The topological polar surface area (TPSA) is 63.1 Å². The third-order valence-electron chi connectivity index (χ3n) is 7.43. The highest BCUT2D eigenvalue weighted by molar-refractivity contribution is 14.0. The van der Waals surface area contributed by atoms with Gasteiger partial charge in [0.25, 0.3) is 0 Å². The van der Waals surface area contributed by atoms with E-state index < -0.39 is 0 Å². The van der Waals surface area contributed by atoms with Gasteiger partial charge in [-0.05, 0) is 63.6 Å². The zero-order valence-corrected chi connectivity index (χ0v) is 22.1. The van der Waals surface area contributed by atoms with E-state index in [9.17, 15) is 5.11 Å². The molecule has 3 N–H and O–H groups in total. The highest BCUT2D eigenvalue weighted by atomic mass is 127. The number of fused-ring (bicyclic) bond motifs is 2. The molecule has 3 fully saturated rings. The zero-order chi connectivity index (χ0) is 21.6. The van der Waals surface area contributed by atoms with Crippen LogP contribution in [0.3, 0.4) is 0 Å². The summed E-state index contributed by atoms with van der Waals surface area (Å²) in [5.41, 5.74) is 2.59. The van der Waals surface area contributed by atoms with Crippen LogP contribution in [0.1, 0.15) is 63.0 Å². The van der Waals surface area contributed by atoms with Crippen LogP contribution < -0.4 is 10.6 Å². The molecule has 2 bridgehead atoms. The lowest BCUT2D eigenvalue weighted by atomic mass is 9.82. The van der Waals surface area contributed by atoms with Crippen LogP contribution in [-0.2, 0) is 13.1 Å². The van der Waals surface area contributed by atoms with E-state index in [1.807, 2.05) is 0 Å². The Kier molecular flexibility index (Phi) is 10.1. The van der Waals surface area contributed by atoms with Crippen LogP contribution in [0.15, 0.2) is 29.3 Å². The largest absolute Gasteiger partial charge is 0.393 e. The van der Waals surface area contributed by atoms with Crippen LogP contribution in [0, 0.1) is 0 Å². The number of aliphatic imine (C=N–C) groups is 1. The summed E-state index contributed by atoms with van der Waals surface area (Å²) in [5.74, 6) is 0.950. The summed E-state index contributed by atoms with van der Waals surface area (Å²) in [7, 11) is 2.31. The number of aliphatic hydroxyl groups is 1. The molecular formula is C25H42IN5O. The Morgan fingerprint density at radius 2 is 1.66 bits per heavy atom. The number of aliphatic hydroxyl groups excluding tert-OH is 1. The summed E-state index contributed by atoms with van der Waals surface area (Å²) in [5, 5.41) is 16.9. The van der Waals surface area contributed by atoms with Gasteiger partial charge in [-0.15, -0.1) is 24.0 Å². The molecular weight excluding hydrogens is 513 g/mol. The van der Waals surface area contributed by atoms with Crippen molar-refractivity contribution < 1.29 is 5.11 Å². The van der Waals surface area contributed by atoms with Gasteiger partial charge in [-0.1, -0.05) is 30.7 Å². The fourth-order valence-electron chi connectivity index (χ4n) is 5.50. The first-order valence-corrected chi connectivity index (χ1v) is 12.4. The number of hydrogen-bond acceptors (Lipinski definition) is 4. The minimum atomic E-state index is -0.106. The van der Waals surface area contributed by atoms with Crippen LogP contribution in [0.25, 0.3) is 0 Å². The molecule has 1 aromatic rings. The van der Waals surface area contributed by atoms with Crippen molar-refractivity contribution in [2.45, 2.75) is 89.2 Å². The van der Waals surface area contributed by atoms with Crippen LogP contribution in [0.2, 0.25) is 0 Å². The number of likely N-dealkylation sites (tertiary alicyclic amines) is 1. The molecule has 3 aliphatic rings. The average molecular weight is 556 g/mol. The van der Waals surface area contributed by atoms with E-state index in [-0.39, 0.29) is 30.1 Å². The van der Waals surface area contributed by atoms with Crippen molar-refractivity contribution in [1.29, 1.82) is 0 Å². The summed E-state index contributed by atoms with van der Waals surface area (Å²) in [4.78, 5) is 9.93. The molecule has 32 heavy (non-hydrogen) atoms. The number of nitrogens with zero attached hydrogens (tertiary/aromatic N) is 3. The molecule has 0 spiro atoms. The fraction of sp³-hybridized carbons (Fsp3) is 0.720. The van der Waals surface area contributed by atoms with E-state index in [0.717, 1.165) is 57.1 Å². The summed E-state index contributed by atoms with van der Waals surface area (Å²) >= 11 is 0.